The number of halogens is 1. The number of rotatable bonds is 2. The van der Waals surface area contributed by atoms with Crippen LogP contribution in [0.4, 0.5) is 10.1 Å². The smallest absolute Gasteiger partial charge is 0.260 e. The quantitative estimate of drug-likeness (QED) is 0.827. The van der Waals surface area contributed by atoms with Crippen molar-refractivity contribution in [1.29, 1.82) is 5.26 Å². The van der Waals surface area contributed by atoms with Crippen LogP contribution in [0.3, 0.4) is 0 Å². The zero-order valence-electron chi connectivity index (χ0n) is 10.3. The van der Waals surface area contributed by atoms with Crippen molar-refractivity contribution in [1.82, 2.24) is 0 Å². The molecule has 0 N–H and O–H groups in total. The maximum absolute atomic E-state index is 13.5. The van der Waals surface area contributed by atoms with Crippen LogP contribution in [0.15, 0.2) is 48.5 Å². The summed E-state index contributed by atoms with van der Waals surface area (Å²) < 4.78 is 13.5. The van der Waals surface area contributed by atoms with Crippen LogP contribution in [0.25, 0.3) is 0 Å². The van der Waals surface area contributed by atoms with Crippen molar-refractivity contribution in [3.8, 4) is 6.07 Å². The largest absolute Gasteiger partial charge is 0.311 e. The van der Waals surface area contributed by atoms with Gasteiger partial charge in [0.15, 0.2) is 0 Å². The molecule has 2 rings (SSSR count). The molecule has 0 heterocycles. The molecule has 0 aliphatic carbocycles. The predicted octanol–water partition coefficient (Wildman–Crippen LogP) is 2.97. The Labute approximate surface area is 110 Å². The van der Waals surface area contributed by atoms with Crippen molar-refractivity contribution in [3.63, 3.8) is 0 Å². The fourth-order valence-corrected chi connectivity index (χ4v) is 1.69. The minimum Gasteiger partial charge on any atom is -0.311 e. The normalized spacial score (nSPS) is 9.74. The van der Waals surface area contributed by atoms with E-state index in [2.05, 4.69) is 0 Å². The number of carbonyl (C=O) groups is 1. The first-order valence-electron chi connectivity index (χ1n) is 5.66. The van der Waals surface area contributed by atoms with Gasteiger partial charge in [-0.1, -0.05) is 12.1 Å². The van der Waals surface area contributed by atoms with Crippen molar-refractivity contribution >= 4 is 11.6 Å². The average molecular weight is 254 g/mol. The van der Waals surface area contributed by atoms with Gasteiger partial charge in [0, 0.05) is 12.7 Å². The summed E-state index contributed by atoms with van der Waals surface area (Å²) in [7, 11) is 1.57. The standard InChI is InChI=1S/C15H11FN2O/c1-18(12-8-6-11(10-17)7-9-12)15(19)13-4-2-3-5-14(13)16/h2-9H,1H3. The van der Waals surface area contributed by atoms with E-state index in [-0.39, 0.29) is 5.56 Å². The van der Waals surface area contributed by atoms with Crippen LogP contribution >= 0.6 is 0 Å². The zero-order valence-corrected chi connectivity index (χ0v) is 10.3. The summed E-state index contributed by atoms with van der Waals surface area (Å²) >= 11 is 0. The number of hydrogen-bond donors (Lipinski definition) is 0. The zero-order chi connectivity index (χ0) is 13.8. The van der Waals surface area contributed by atoms with Gasteiger partial charge >= 0.3 is 0 Å². The highest BCUT2D eigenvalue weighted by atomic mass is 19.1. The molecule has 0 atom stereocenters. The Hall–Kier alpha value is -2.67. The molecule has 0 fully saturated rings. The first-order valence-corrected chi connectivity index (χ1v) is 5.66. The number of anilines is 1. The number of benzene rings is 2. The lowest BCUT2D eigenvalue weighted by Crippen LogP contribution is -2.27. The van der Waals surface area contributed by atoms with Gasteiger partial charge in [0.05, 0.1) is 17.2 Å². The van der Waals surface area contributed by atoms with E-state index in [0.717, 1.165) is 0 Å². The third-order valence-corrected chi connectivity index (χ3v) is 2.79. The topological polar surface area (TPSA) is 44.1 Å². The Morgan fingerprint density at radius 2 is 1.79 bits per heavy atom. The molecule has 0 aliphatic heterocycles. The van der Waals surface area contributed by atoms with Gasteiger partial charge in [-0.25, -0.2) is 4.39 Å². The van der Waals surface area contributed by atoms with E-state index in [9.17, 15) is 9.18 Å². The molecule has 0 spiro atoms. The van der Waals surface area contributed by atoms with Crippen LogP contribution in [0, 0.1) is 17.1 Å². The first kappa shape index (κ1) is 12.8. The van der Waals surface area contributed by atoms with Crippen LogP contribution in [-0.2, 0) is 0 Å². The number of carbonyl (C=O) groups excluding carboxylic acids is 1. The van der Waals surface area contributed by atoms with Crippen LogP contribution in [0.2, 0.25) is 0 Å². The second-order valence-corrected chi connectivity index (χ2v) is 4.00. The summed E-state index contributed by atoms with van der Waals surface area (Å²) in [6.45, 7) is 0. The summed E-state index contributed by atoms with van der Waals surface area (Å²) in [6.07, 6.45) is 0. The number of nitriles is 1. The molecular weight excluding hydrogens is 243 g/mol. The maximum atomic E-state index is 13.5. The molecule has 0 radical (unpaired) electrons. The van der Waals surface area contributed by atoms with E-state index in [1.165, 1.54) is 23.1 Å². The molecule has 4 heteroatoms. The van der Waals surface area contributed by atoms with E-state index in [1.54, 1.807) is 37.4 Å². The highest BCUT2D eigenvalue weighted by Gasteiger charge is 2.16. The van der Waals surface area contributed by atoms with Gasteiger partial charge in [-0.3, -0.25) is 4.79 Å². The Morgan fingerprint density at radius 3 is 2.37 bits per heavy atom. The van der Waals surface area contributed by atoms with Crippen molar-refractivity contribution in [3.05, 3.63) is 65.5 Å². The molecule has 2 aromatic rings. The van der Waals surface area contributed by atoms with Crippen molar-refractivity contribution in [2.75, 3.05) is 11.9 Å². The van der Waals surface area contributed by atoms with Crippen molar-refractivity contribution < 1.29 is 9.18 Å². The van der Waals surface area contributed by atoms with Crippen molar-refractivity contribution in [2.24, 2.45) is 0 Å². The molecule has 0 saturated carbocycles. The van der Waals surface area contributed by atoms with Crippen LogP contribution < -0.4 is 4.90 Å². The van der Waals surface area contributed by atoms with E-state index >= 15 is 0 Å². The van der Waals surface area contributed by atoms with Crippen molar-refractivity contribution in [2.45, 2.75) is 0 Å². The fourth-order valence-electron chi connectivity index (χ4n) is 1.69. The number of amides is 1. The average Bonchev–Trinajstić information content (AvgIpc) is 2.46. The van der Waals surface area contributed by atoms with E-state index in [1.807, 2.05) is 6.07 Å². The molecule has 0 saturated heterocycles. The molecule has 0 unspecified atom stereocenters. The Kier molecular flexibility index (Phi) is 3.58. The molecule has 19 heavy (non-hydrogen) atoms. The highest BCUT2D eigenvalue weighted by molar-refractivity contribution is 6.05. The van der Waals surface area contributed by atoms with E-state index < -0.39 is 11.7 Å². The Balaban J connectivity index is 2.29. The molecule has 94 valence electrons. The number of nitrogens with zero attached hydrogens (tertiary/aromatic N) is 2. The lowest BCUT2D eigenvalue weighted by atomic mass is 10.1. The number of hydrogen-bond acceptors (Lipinski definition) is 2. The third kappa shape index (κ3) is 2.61. The van der Waals surface area contributed by atoms with Gasteiger partial charge in [-0.15, -0.1) is 0 Å². The minimum atomic E-state index is -0.548. The van der Waals surface area contributed by atoms with Gasteiger partial charge in [0.1, 0.15) is 5.82 Å². The summed E-state index contributed by atoms with van der Waals surface area (Å²) in [6, 6.07) is 14.4. The lowest BCUT2D eigenvalue weighted by molar-refractivity contribution is 0.0989. The van der Waals surface area contributed by atoms with Gasteiger partial charge in [-0.05, 0) is 36.4 Å². The second kappa shape index (κ2) is 5.32. The van der Waals surface area contributed by atoms with Crippen LogP contribution in [0.5, 0.6) is 0 Å². The molecule has 0 aromatic heterocycles. The van der Waals surface area contributed by atoms with Crippen LogP contribution in [-0.4, -0.2) is 13.0 Å². The molecule has 0 aliphatic rings. The van der Waals surface area contributed by atoms with E-state index in [4.69, 9.17) is 5.26 Å². The van der Waals surface area contributed by atoms with Gasteiger partial charge < -0.3 is 4.90 Å². The maximum Gasteiger partial charge on any atom is 0.260 e. The van der Waals surface area contributed by atoms with Gasteiger partial charge in [0.2, 0.25) is 0 Å². The summed E-state index contributed by atoms with van der Waals surface area (Å²) in [5.41, 5.74) is 1.14. The van der Waals surface area contributed by atoms with E-state index in [0.29, 0.717) is 11.3 Å². The minimum absolute atomic E-state index is 0.0226. The first-order chi connectivity index (χ1) is 9.13. The molecule has 3 nitrogen and oxygen atoms in total. The molecule has 1 amide bonds. The second-order valence-electron chi connectivity index (χ2n) is 4.00. The highest BCUT2D eigenvalue weighted by Crippen LogP contribution is 2.17. The summed E-state index contributed by atoms with van der Waals surface area (Å²) in [5.74, 6) is -0.976. The Bertz CT molecular complexity index is 644. The summed E-state index contributed by atoms with van der Waals surface area (Å²) in [4.78, 5) is 13.5. The van der Waals surface area contributed by atoms with Crippen LogP contribution in [0.1, 0.15) is 15.9 Å². The monoisotopic (exact) mass is 254 g/mol. The molecular formula is C15H11FN2O. The fraction of sp³-hybridized carbons (Fsp3) is 0.0667. The molecule has 0 bridgehead atoms. The Morgan fingerprint density at radius 1 is 1.16 bits per heavy atom. The predicted molar refractivity (Wildman–Crippen MR) is 70.3 cm³/mol. The van der Waals surface area contributed by atoms with Gasteiger partial charge in [-0.2, -0.15) is 5.26 Å². The summed E-state index contributed by atoms with van der Waals surface area (Å²) in [5, 5.41) is 8.71. The molecule has 2 aromatic carbocycles. The SMILES string of the molecule is CN(C(=O)c1ccccc1F)c1ccc(C#N)cc1. The third-order valence-electron chi connectivity index (χ3n) is 2.79. The lowest BCUT2D eigenvalue weighted by Gasteiger charge is -2.17. The van der Waals surface area contributed by atoms with Gasteiger partial charge in [0.25, 0.3) is 5.91 Å².